The van der Waals surface area contributed by atoms with Crippen LogP contribution in [-0.2, 0) is 0 Å². The maximum atomic E-state index is 12.3. The maximum absolute atomic E-state index is 12.3. The average molecular weight is 295 g/mol. The molecule has 20 heavy (non-hydrogen) atoms. The summed E-state index contributed by atoms with van der Waals surface area (Å²) in [4.78, 5) is 22.5. The summed E-state index contributed by atoms with van der Waals surface area (Å²) in [6.45, 7) is 0. The summed E-state index contributed by atoms with van der Waals surface area (Å²) in [7, 11) is 0. The lowest BCUT2D eigenvalue weighted by molar-refractivity contribution is -0.384. The lowest BCUT2D eigenvalue weighted by atomic mass is 9.95. The van der Waals surface area contributed by atoms with E-state index >= 15 is 0 Å². The average Bonchev–Trinajstić information content (AvgIpc) is 3.01. The van der Waals surface area contributed by atoms with Crippen LogP contribution in [0.1, 0.15) is 36.0 Å². The van der Waals surface area contributed by atoms with Crippen molar-refractivity contribution in [2.24, 2.45) is 11.8 Å². The molecule has 1 aromatic rings. The molecule has 0 aliphatic heterocycles. The quantitative estimate of drug-likeness (QED) is 0.687. The minimum Gasteiger partial charge on any atom is -0.349 e. The number of nitrogens with zero attached hydrogens (tertiary/aromatic N) is 1. The molecule has 2 saturated carbocycles. The van der Waals surface area contributed by atoms with Crippen molar-refractivity contribution < 1.29 is 9.72 Å². The Morgan fingerprint density at radius 1 is 1.35 bits per heavy atom. The first kappa shape index (κ1) is 13.4. The van der Waals surface area contributed by atoms with Crippen LogP contribution in [0.3, 0.4) is 0 Å². The van der Waals surface area contributed by atoms with E-state index in [4.69, 9.17) is 11.6 Å². The number of halogens is 1. The van der Waals surface area contributed by atoms with Gasteiger partial charge in [0.25, 0.3) is 11.6 Å². The van der Waals surface area contributed by atoms with E-state index in [1.54, 1.807) is 0 Å². The second kappa shape index (κ2) is 5.05. The zero-order chi connectivity index (χ0) is 14.3. The van der Waals surface area contributed by atoms with Gasteiger partial charge in [0.1, 0.15) is 0 Å². The molecule has 6 heteroatoms. The Kier molecular flexibility index (Phi) is 3.38. The number of rotatable bonds is 3. The molecule has 3 rings (SSSR count). The van der Waals surface area contributed by atoms with Crippen LogP contribution in [0, 0.1) is 22.0 Å². The van der Waals surface area contributed by atoms with E-state index in [-0.39, 0.29) is 28.2 Å². The number of carbonyl (C=O) groups excluding carboxylic acids is 1. The van der Waals surface area contributed by atoms with Crippen LogP contribution in [0.25, 0.3) is 0 Å². The minimum atomic E-state index is -0.523. The molecular weight excluding hydrogens is 280 g/mol. The molecule has 2 aliphatic carbocycles. The Labute approximate surface area is 121 Å². The first-order chi connectivity index (χ1) is 9.54. The first-order valence-electron chi connectivity index (χ1n) is 6.79. The van der Waals surface area contributed by atoms with Gasteiger partial charge in [-0.25, -0.2) is 0 Å². The van der Waals surface area contributed by atoms with Crippen LogP contribution in [0.2, 0.25) is 5.02 Å². The second-order valence-electron chi connectivity index (χ2n) is 5.68. The third-order valence-corrected chi connectivity index (χ3v) is 4.79. The lowest BCUT2D eigenvalue weighted by Crippen LogP contribution is -2.38. The van der Waals surface area contributed by atoms with E-state index in [2.05, 4.69) is 5.32 Å². The molecule has 2 fully saturated rings. The number of nitro benzene ring substituents is 1. The zero-order valence-corrected chi connectivity index (χ0v) is 11.6. The molecule has 106 valence electrons. The molecule has 0 spiro atoms. The SMILES string of the molecule is O=C(N[C@@H]1C[C@H]2CC[C@H]1C2)c1cc([N+](=O)[O-])ccc1Cl. The largest absolute Gasteiger partial charge is 0.349 e. The molecule has 1 aromatic carbocycles. The van der Waals surface area contributed by atoms with Gasteiger partial charge in [-0.05, 0) is 37.2 Å². The Morgan fingerprint density at radius 3 is 2.75 bits per heavy atom. The van der Waals surface area contributed by atoms with Gasteiger partial charge in [-0.1, -0.05) is 18.0 Å². The van der Waals surface area contributed by atoms with Crippen molar-refractivity contribution in [3.63, 3.8) is 0 Å². The molecular formula is C14H15ClN2O3. The monoisotopic (exact) mass is 294 g/mol. The van der Waals surface area contributed by atoms with Crippen molar-refractivity contribution >= 4 is 23.2 Å². The summed E-state index contributed by atoms with van der Waals surface area (Å²) >= 11 is 5.98. The molecule has 3 atom stereocenters. The Bertz CT molecular complexity index is 576. The number of nitrogens with one attached hydrogen (secondary N) is 1. The number of carbonyl (C=O) groups is 1. The van der Waals surface area contributed by atoms with Crippen LogP contribution < -0.4 is 5.32 Å². The zero-order valence-electron chi connectivity index (χ0n) is 10.8. The van der Waals surface area contributed by atoms with Crippen LogP contribution in [0.5, 0.6) is 0 Å². The summed E-state index contributed by atoms with van der Waals surface area (Å²) in [5, 5.41) is 14.0. The lowest BCUT2D eigenvalue weighted by Gasteiger charge is -2.23. The van der Waals surface area contributed by atoms with Gasteiger partial charge in [-0.15, -0.1) is 0 Å². The minimum absolute atomic E-state index is 0.118. The van der Waals surface area contributed by atoms with Gasteiger partial charge in [0.2, 0.25) is 0 Å². The fraction of sp³-hybridized carbons (Fsp3) is 0.500. The Hall–Kier alpha value is -1.62. The Balaban J connectivity index is 1.76. The number of fused-ring (bicyclic) bond motifs is 2. The standard InChI is InChI=1S/C14H15ClN2O3/c15-12-4-3-10(17(19)20)7-11(12)14(18)16-13-6-8-1-2-9(13)5-8/h3-4,7-9,13H,1-2,5-6H2,(H,16,18)/t8-,9-,13+/m0/s1. The van der Waals surface area contributed by atoms with E-state index in [1.165, 1.54) is 31.0 Å². The predicted molar refractivity (Wildman–Crippen MR) is 74.8 cm³/mol. The van der Waals surface area contributed by atoms with Crippen molar-refractivity contribution in [2.75, 3.05) is 0 Å². The predicted octanol–water partition coefficient (Wildman–Crippen LogP) is 3.17. The summed E-state index contributed by atoms with van der Waals surface area (Å²) in [5.74, 6) is 0.976. The van der Waals surface area contributed by atoms with Crippen molar-refractivity contribution in [3.8, 4) is 0 Å². The van der Waals surface area contributed by atoms with Crippen molar-refractivity contribution in [1.29, 1.82) is 0 Å². The number of benzene rings is 1. The molecule has 0 unspecified atom stereocenters. The molecule has 0 heterocycles. The van der Waals surface area contributed by atoms with Crippen LogP contribution in [-0.4, -0.2) is 16.9 Å². The third kappa shape index (κ3) is 2.38. The van der Waals surface area contributed by atoms with Crippen molar-refractivity contribution in [1.82, 2.24) is 5.32 Å². The van der Waals surface area contributed by atoms with Gasteiger partial charge in [0.05, 0.1) is 15.5 Å². The third-order valence-electron chi connectivity index (χ3n) is 4.46. The van der Waals surface area contributed by atoms with Gasteiger partial charge in [0.15, 0.2) is 0 Å². The highest BCUT2D eigenvalue weighted by Gasteiger charge is 2.40. The number of hydrogen-bond donors (Lipinski definition) is 1. The molecule has 0 aromatic heterocycles. The number of nitro groups is 1. The number of non-ortho nitro benzene ring substituents is 1. The van der Waals surface area contributed by atoms with Crippen LogP contribution in [0.15, 0.2) is 18.2 Å². The van der Waals surface area contributed by atoms with E-state index in [0.717, 1.165) is 18.8 Å². The Morgan fingerprint density at radius 2 is 2.15 bits per heavy atom. The van der Waals surface area contributed by atoms with E-state index < -0.39 is 4.92 Å². The highest BCUT2D eigenvalue weighted by molar-refractivity contribution is 6.33. The normalized spacial score (nSPS) is 27.6. The van der Waals surface area contributed by atoms with Crippen molar-refractivity contribution in [2.45, 2.75) is 31.7 Å². The number of hydrogen-bond acceptors (Lipinski definition) is 3. The fourth-order valence-corrected chi connectivity index (χ4v) is 3.67. The molecule has 0 radical (unpaired) electrons. The maximum Gasteiger partial charge on any atom is 0.270 e. The fourth-order valence-electron chi connectivity index (χ4n) is 3.47. The number of amides is 1. The summed E-state index contributed by atoms with van der Waals surface area (Å²) < 4.78 is 0. The van der Waals surface area contributed by atoms with Gasteiger partial charge in [0, 0.05) is 18.2 Å². The van der Waals surface area contributed by atoms with E-state index in [9.17, 15) is 14.9 Å². The van der Waals surface area contributed by atoms with E-state index in [0.29, 0.717) is 5.92 Å². The van der Waals surface area contributed by atoms with Gasteiger partial charge in [-0.3, -0.25) is 14.9 Å². The summed E-state index contributed by atoms with van der Waals surface area (Å²) in [5.41, 5.74) is 0.0659. The molecule has 0 saturated heterocycles. The molecule has 1 amide bonds. The van der Waals surface area contributed by atoms with Crippen LogP contribution in [0.4, 0.5) is 5.69 Å². The van der Waals surface area contributed by atoms with Gasteiger partial charge >= 0.3 is 0 Å². The molecule has 2 bridgehead atoms. The second-order valence-corrected chi connectivity index (χ2v) is 6.08. The summed E-state index contributed by atoms with van der Waals surface area (Å²) in [6.07, 6.45) is 4.63. The summed E-state index contributed by atoms with van der Waals surface area (Å²) in [6, 6.07) is 4.13. The highest BCUT2D eigenvalue weighted by atomic mass is 35.5. The molecule has 5 nitrogen and oxygen atoms in total. The highest BCUT2D eigenvalue weighted by Crippen LogP contribution is 2.44. The molecule has 1 N–H and O–H groups in total. The van der Waals surface area contributed by atoms with Gasteiger partial charge in [-0.2, -0.15) is 0 Å². The topological polar surface area (TPSA) is 72.2 Å². The van der Waals surface area contributed by atoms with Crippen molar-refractivity contribution in [3.05, 3.63) is 38.9 Å². The van der Waals surface area contributed by atoms with Gasteiger partial charge < -0.3 is 5.32 Å². The smallest absolute Gasteiger partial charge is 0.270 e. The van der Waals surface area contributed by atoms with Crippen LogP contribution >= 0.6 is 11.6 Å². The first-order valence-corrected chi connectivity index (χ1v) is 7.17. The molecule has 2 aliphatic rings. The van der Waals surface area contributed by atoms with E-state index in [1.807, 2.05) is 0 Å².